The maximum absolute atomic E-state index is 11.8. The molecule has 1 atom stereocenters. The number of carbonyl (C=O) groups excluding carboxylic acids is 2. The van der Waals surface area contributed by atoms with Crippen molar-refractivity contribution in [3.05, 3.63) is 34.9 Å². The molecule has 0 aliphatic carbocycles. The van der Waals surface area contributed by atoms with Crippen molar-refractivity contribution in [1.82, 2.24) is 0 Å². The van der Waals surface area contributed by atoms with Gasteiger partial charge in [-0.2, -0.15) is 0 Å². The van der Waals surface area contributed by atoms with Gasteiger partial charge in [-0.15, -0.1) is 23.2 Å². The molecule has 0 amide bonds. The second-order valence-corrected chi connectivity index (χ2v) is 4.63. The van der Waals surface area contributed by atoms with E-state index in [0.717, 1.165) is 0 Å². The Morgan fingerprint density at radius 2 is 2.06 bits per heavy atom. The number of halogens is 2. The van der Waals surface area contributed by atoms with Gasteiger partial charge in [-0.3, -0.25) is 4.79 Å². The van der Waals surface area contributed by atoms with E-state index in [9.17, 15) is 9.59 Å². The van der Waals surface area contributed by atoms with Crippen LogP contribution in [0.5, 0.6) is 0 Å². The zero-order chi connectivity index (χ0) is 13.7. The minimum Gasteiger partial charge on any atom is -0.462 e. The maximum Gasteiger partial charge on any atom is 0.338 e. The van der Waals surface area contributed by atoms with Gasteiger partial charge in [0, 0.05) is 11.4 Å². The normalized spacial score (nSPS) is 12.0. The maximum atomic E-state index is 11.8. The van der Waals surface area contributed by atoms with E-state index in [-0.39, 0.29) is 18.3 Å². The predicted molar refractivity (Wildman–Crippen MR) is 71.6 cm³/mol. The van der Waals surface area contributed by atoms with Gasteiger partial charge >= 0.3 is 5.97 Å². The first-order valence-corrected chi connectivity index (χ1v) is 6.52. The average molecular weight is 289 g/mol. The summed E-state index contributed by atoms with van der Waals surface area (Å²) < 4.78 is 4.92. The number of hydrogen-bond acceptors (Lipinski definition) is 3. The molecule has 1 aromatic rings. The molecule has 5 heteroatoms. The Kier molecular flexibility index (Phi) is 5.63. The van der Waals surface area contributed by atoms with Crippen molar-refractivity contribution in [2.24, 2.45) is 0 Å². The van der Waals surface area contributed by atoms with Crippen LogP contribution in [0.4, 0.5) is 0 Å². The lowest BCUT2D eigenvalue weighted by atomic mass is 10.0. The summed E-state index contributed by atoms with van der Waals surface area (Å²) >= 11 is 11.5. The van der Waals surface area contributed by atoms with E-state index in [1.807, 2.05) is 0 Å². The van der Waals surface area contributed by atoms with Gasteiger partial charge in [0.15, 0.2) is 5.78 Å². The van der Waals surface area contributed by atoms with Gasteiger partial charge in [0.2, 0.25) is 0 Å². The third kappa shape index (κ3) is 3.47. The fourth-order valence-electron chi connectivity index (χ4n) is 1.47. The second kappa shape index (κ2) is 6.76. The number of carbonyl (C=O) groups is 2. The molecule has 0 aliphatic rings. The molecule has 0 heterocycles. The first-order chi connectivity index (χ1) is 8.51. The predicted octanol–water partition coefficient (Wildman–Crippen LogP) is 3.41. The van der Waals surface area contributed by atoms with Crippen LogP contribution in [-0.4, -0.2) is 23.7 Å². The highest BCUT2D eigenvalue weighted by molar-refractivity contribution is 6.33. The summed E-state index contributed by atoms with van der Waals surface area (Å²) in [7, 11) is 0. The molecule has 0 saturated carbocycles. The highest BCUT2D eigenvalue weighted by Crippen LogP contribution is 2.18. The minimum atomic E-state index is -0.637. The van der Waals surface area contributed by atoms with E-state index >= 15 is 0 Å². The van der Waals surface area contributed by atoms with Gasteiger partial charge in [-0.05, 0) is 25.5 Å². The molecule has 0 aromatic heterocycles. The van der Waals surface area contributed by atoms with Gasteiger partial charge in [-0.1, -0.05) is 12.1 Å². The summed E-state index contributed by atoms with van der Waals surface area (Å²) in [6.07, 6.45) is 0. The molecule has 1 unspecified atom stereocenters. The van der Waals surface area contributed by atoms with E-state index in [1.54, 1.807) is 26.0 Å². The fourth-order valence-corrected chi connectivity index (χ4v) is 1.83. The van der Waals surface area contributed by atoms with Crippen molar-refractivity contribution >= 4 is 35.0 Å². The molecular formula is C13H14Cl2O3. The third-order valence-corrected chi connectivity index (χ3v) is 2.88. The lowest BCUT2D eigenvalue weighted by Crippen LogP contribution is -2.14. The van der Waals surface area contributed by atoms with Gasteiger partial charge < -0.3 is 4.74 Å². The number of alkyl halides is 2. The van der Waals surface area contributed by atoms with Crippen molar-refractivity contribution in [2.75, 3.05) is 6.61 Å². The molecule has 1 aromatic carbocycles. The Labute approximate surface area is 116 Å². The number of benzene rings is 1. The van der Waals surface area contributed by atoms with Gasteiger partial charge in [-0.25, -0.2) is 4.79 Å². The summed E-state index contributed by atoms with van der Waals surface area (Å²) in [6.45, 7) is 3.57. The van der Waals surface area contributed by atoms with Crippen molar-refractivity contribution in [2.45, 2.75) is 25.1 Å². The summed E-state index contributed by atoms with van der Waals surface area (Å²) in [5, 5.41) is -0.637. The highest BCUT2D eigenvalue weighted by Gasteiger charge is 2.18. The van der Waals surface area contributed by atoms with E-state index in [4.69, 9.17) is 27.9 Å². The van der Waals surface area contributed by atoms with Crippen molar-refractivity contribution in [3.8, 4) is 0 Å². The van der Waals surface area contributed by atoms with E-state index in [1.165, 1.54) is 6.07 Å². The van der Waals surface area contributed by atoms with Crippen LogP contribution in [-0.2, 0) is 10.6 Å². The fraction of sp³-hybridized carbons (Fsp3) is 0.385. The van der Waals surface area contributed by atoms with Crippen LogP contribution in [0, 0.1) is 0 Å². The van der Waals surface area contributed by atoms with Crippen LogP contribution in [0.25, 0.3) is 0 Å². The zero-order valence-electron chi connectivity index (χ0n) is 10.2. The monoisotopic (exact) mass is 288 g/mol. The molecule has 0 saturated heterocycles. The summed E-state index contributed by atoms with van der Waals surface area (Å²) in [6, 6.07) is 4.74. The molecule has 0 spiro atoms. The van der Waals surface area contributed by atoms with E-state index in [0.29, 0.717) is 16.7 Å². The minimum absolute atomic E-state index is 0.180. The van der Waals surface area contributed by atoms with Gasteiger partial charge in [0.1, 0.15) is 0 Å². The molecule has 0 fully saturated rings. The largest absolute Gasteiger partial charge is 0.462 e. The van der Waals surface area contributed by atoms with Gasteiger partial charge in [0.05, 0.1) is 17.5 Å². The molecule has 0 radical (unpaired) electrons. The summed E-state index contributed by atoms with van der Waals surface area (Å²) in [5.74, 6) is -0.535. The first kappa shape index (κ1) is 15.0. The standard InChI is InChI=1S/C13H14Cl2O3/c1-3-18-13(17)11-6-9(12(16)8(2)15)4-5-10(11)7-14/h4-6,8H,3,7H2,1-2H3. The topological polar surface area (TPSA) is 43.4 Å². The number of ether oxygens (including phenoxy) is 1. The molecule has 0 N–H and O–H groups in total. The van der Waals surface area contributed by atoms with Crippen molar-refractivity contribution < 1.29 is 14.3 Å². The average Bonchev–Trinajstić information content (AvgIpc) is 2.37. The summed E-state index contributed by atoms with van der Waals surface area (Å²) in [4.78, 5) is 23.5. The molecule has 1 rings (SSSR count). The number of hydrogen-bond donors (Lipinski definition) is 0. The lowest BCUT2D eigenvalue weighted by molar-refractivity contribution is 0.0525. The second-order valence-electron chi connectivity index (χ2n) is 3.71. The lowest BCUT2D eigenvalue weighted by Gasteiger charge is -2.09. The number of rotatable bonds is 5. The van der Waals surface area contributed by atoms with Crippen LogP contribution in [0.2, 0.25) is 0 Å². The first-order valence-electron chi connectivity index (χ1n) is 5.55. The Bertz CT molecular complexity index is 456. The number of Topliss-reactive ketones (excluding diaryl/α,β-unsaturated/α-hetero) is 1. The van der Waals surface area contributed by atoms with Crippen LogP contribution < -0.4 is 0 Å². The Hall–Kier alpha value is -1.06. The van der Waals surface area contributed by atoms with E-state index in [2.05, 4.69) is 0 Å². The van der Waals surface area contributed by atoms with Crippen molar-refractivity contribution in [3.63, 3.8) is 0 Å². The molecule has 98 valence electrons. The summed E-state index contributed by atoms with van der Waals surface area (Å²) in [5.41, 5.74) is 1.33. The molecule has 0 aliphatic heterocycles. The number of ketones is 1. The molecule has 18 heavy (non-hydrogen) atoms. The van der Waals surface area contributed by atoms with Gasteiger partial charge in [0.25, 0.3) is 0 Å². The highest BCUT2D eigenvalue weighted by atomic mass is 35.5. The third-order valence-electron chi connectivity index (χ3n) is 2.39. The Morgan fingerprint density at radius 1 is 1.39 bits per heavy atom. The SMILES string of the molecule is CCOC(=O)c1cc(C(=O)C(C)Cl)ccc1CCl. The zero-order valence-corrected chi connectivity index (χ0v) is 11.7. The van der Waals surface area contributed by atoms with Crippen LogP contribution in [0.15, 0.2) is 18.2 Å². The van der Waals surface area contributed by atoms with Crippen LogP contribution in [0.1, 0.15) is 40.1 Å². The van der Waals surface area contributed by atoms with Crippen LogP contribution in [0.3, 0.4) is 0 Å². The Morgan fingerprint density at radius 3 is 2.56 bits per heavy atom. The van der Waals surface area contributed by atoms with Crippen molar-refractivity contribution in [1.29, 1.82) is 0 Å². The van der Waals surface area contributed by atoms with Crippen LogP contribution >= 0.6 is 23.2 Å². The molecular weight excluding hydrogens is 275 g/mol. The number of esters is 1. The Balaban J connectivity index is 3.17. The smallest absolute Gasteiger partial charge is 0.338 e. The quantitative estimate of drug-likeness (QED) is 0.474. The molecule has 3 nitrogen and oxygen atoms in total. The molecule has 0 bridgehead atoms. The van der Waals surface area contributed by atoms with E-state index < -0.39 is 11.3 Å².